The monoisotopic (exact) mass is 412 g/mol. The molecule has 13 heteroatoms. The van der Waals surface area contributed by atoms with E-state index in [4.69, 9.17) is 9.47 Å². The van der Waals surface area contributed by atoms with Crippen LogP contribution >= 0.6 is 0 Å². The number of ether oxygens (including phenoxy) is 2. The van der Waals surface area contributed by atoms with E-state index in [2.05, 4.69) is 0 Å². The molecule has 0 unspecified atom stereocenters. The van der Waals surface area contributed by atoms with Gasteiger partial charge in [-0.1, -0.05) is 6.92 Å². The van der Waals surface area contributed by atoms with E-state index in [1.54, 1.807) is 6.92 Å². The van der Waals surface area contributed by atoms with Crippen molar-refractivity contribution in [3.05, 3.63) is 0 Å². The van der Waals surface area contributed by atoms with Crippen LogP contribution in [0.4, 0.5) is 48.3 Å². The fourth-order valence-electron chi connectivity index (χ4n) is 2.01. The third-order valence-corrected chi connectivity index (χ3v) is 3.74. The van der Waals surface area contributed by atoms with E-state index in [1.807, 2.05) is 0 Å². The van der Waals surface area contributed by atoms with Crippen molar-refractivity contribution >= 4 is 0 Å². The molecule has 26 heavy (non-hydrogen) atoms. The van der Waals surface area contributed by atoms with Crippen LogP contribution in [0.2, 0.25) is 0 Å². The van der Waals surface area contributed by atoms with E-state index in [0.29, 0.717) is 13.2 Å². The minimum atomic E-state index is -7.35. The Kier molecular flexibility index (Phi) is 6.20. The maximum atomic E-state index is 13.3. The highest BCUT2D eigenvalue weighted by Crippen LogP contribution is 2.58. The van der Waals surface area contributed by atoms with Crippen molar-refractivity contribution in [3.8, 4) is 0 Å². The standard InChI is InChI=1S/C13H15F11O2/c1-8(6-26-7-8)5-25-4-2-3-9(14,15)10(16,17)11(18,19)12(20,21)13(22,23)24/h2-7H2,1H3. The molecule has 0 aromatic carbocycles. The van der Waals surface area contributed by atoms with Gasteiger partial charge in [0.05, 0.1) is 19.8 Å². The van der Waals surface area contributed by atoms with Gasteiger partial charge in [-0.15, -0.1) is 0 Å². The third kappa shape index (κ3) is 4.02. The summed E-state index contributed by atoms with van der Waals surface area (Å²) in [6, 6.07) is 0. The normalized spacial score (nSPS) is 19.4. The summed E-state index contributed by atoms with van der Waals surface area (Å²) in [5.41, 5.74) is -0.422. The Morgan fingerprint density at radius 1 is 0.808 bits per heavy atom. The zero-order chi connectivity index (χ0) is 20.7. The molecular formula is C13H15F11O2. The lowest BCUT2D eigenvalue weighted by molar-refractivity contribution is -0.422. The van der Waals surface area contributed by atoms with Crippen LogP contribution in [-0.4, -0.2) is 56.3 Å². The SMILES string of the molecule is CC1(COCCCC(F)(F)C(F)(F)C(F)(F)C(F)(F)C(F)(F)F)COC1. The van der Waals surface area contributed by atoms with E-state index >= 15 is 0 Å². The quantitative estimate of drug-likeness (QED) is 0.395. The van der Waals surface area contributed by atoms with E-state index in [9.17, 15) is 48.3 Å². The van der Waals surface area contributed by atoms with Gasteiger partial charge in [0.25, 0.3) is 0 Å². The van der Waals surface area contributed by atoms with Crippen molar-refractivity contribution in [1.29, 1.82) is 0 Å². The molecule has 1 rings (SSSR count). The Morgan fingerprint density at radius 2 is 1.31 bits per heavy atom. The van der Waals surface area contributed by atoms with E-state index in [-0.39, 0.29) is 6.61 Å². The molecule has 1 heterocycles. The summed E-state index contributed by atoms with van der Waals surface area (Å²) < 4.78 is 150. The molecule has 0 aromatic rings. The molecule has 1 saturated heterocycles. The predicted molar refractivity (Wildman–Crippen MR) is 64.8 cm³/mol. The molecule has 1 aliphatic heterocycles. The molecule has 156 valence electrons. The minimum absolute atomic E-state index is 0.0166. The minimum Gasteiger partial charge on any atom is -0.381 e. The second-order valence-electron chi connectivity index (χ2n) is 6.38. The molecule has 0 aliphatic carbocycles. The average Bonchev–Trinajstić information content (AvgIpc) is 2.43. The number of halogens is 11. The summed E-state index contributed by atoms with van der Waals surface area (Å²) in [5.74, 6) is -27.5. The molecule has 0 N–H and O–H groups in total. The van der Waals surface area contributed by atoms with Gasteiger partial charge in [0.1, 0.15) is 0 Å². The molecular weight excluding hydrogens is 397 g/mol. The van der Waals surface area contributed by atoms with Crippen LogP contribution in [0.25, 0.3) is 0 Å². The number of hydrogen-bond donors (Lipinski definition) is 0. The van der Waals surface area contributed by atoms with Crippen molar-refractivity contribution in [3.63, 3.8) is 0 Å². The largest absolute Gasteiger partial charge is 0.460 e. The van der Waals surface area contributed by atoms with Crippen molar-refractivity contribution in [1.82, 2.24) is 0 Å². The summed E-state index contributed by atoms with van der Waals surface area (Å²) in [4.78, 5) is 0. The predicted octanol–water partition coefficient (Wildman–Crippen LogP) is 4.92. The number of alkyl halides is 11. The van der Waals surface area contributed by atoms with Crippen LogP contribution < -0.4 is 0 Å². The maximum absolute atomic E-state index is 13.3. The van der Waals surface area contributed by atoms with E-state index < -0.39 is 54.7 Å². The van der Waals surface area contributed by atoms with Crippen LogP contribution in [0.15, 0.2) is 0 Å². The Labute approximate surface area is 140 Å². The van der Waals surface area contributed by atoms with Crippen LogP contribution in [0, 0.1) is 5.41 Å². The number of rotatable bonds is 9. The highest BCUT2D eigenvalue weighted by Gasteiger charge is 2.86. The first-order chi connectivity index (χ1) is 11.4. The van der Waals surface area contributed by atoms with E-state index in [0.717, 1.165) is 0 Å². The summed E-state index contributed by atoms with van der Waals surface area (Å²) in [7, 11) is 0. The zero-order valence-corrected chi connectivity index (χ0v) is 13.2. The molecule has 0 radical (unpaired) electrons. The average molecular weight is 412 g/mol. The van der Waals surface area contributed by atoms with Crippen LogP contribution in [0.3, 0.4) is 0 Å². The molecule has 2 nitrogen and oxygen atoms in total. The smallest absolute Gasteiger partial charge is 0.381 e. The topological polar surface area (TPSA) is 18.5 Å². The Morgan fingerprint density at radius 3 is 1.69 bits per heavy atom. The lowest BCUT2D eigenvalue weighted by Gasteiger charge is -2.38. The second-order valence-corrected chi connectivity index (χ2v) is 6.38. The van der Waals surface area contributed by atoms with Crippen molar-refractivity contribution < 1.29 is 57.8 Å². The first kappa shape index (κ1) is 23.2. The summed E-state index contributed by atoms with van der Waals surface area (Å²) in [6.07, 6.45) is -10.2. The lowest BCUT2D eigenvalue weighted by Crippen LogP contribution is -2.66. The zero-order valence-electron chi connectivity index (χ0n) is 13.2. The molecule has 1 aliphatic rings. The van der Waals surface area contributed by atoms with Gasteiger partial charge in [-0.3, -0.25) is 0 Å². The van der Waals surface area contributed by atoms with Gasteiger partial charge in [-0.25, -0.2) is 0 Å². The molecule has 1 fully saturated rings. The highest BCUT2D eigenvalue weighted by molar-refractivity contribution is 5.06. The fourth-order valence-corrected chi connectivity index (χ4v) is 2.01. The van der Waals surface area contributed by atoms with Crippen molar-refractivity contribution in [2.24, 2.45) is 5.41 Å². The van der Waals surface area contributed by atoms with Crippen molar-refractivity contribution in [2.45, 2.75) is 49.6 Å². The van der Waals surface area contributed by atoms with Gasteiger partial charge >= 0.3 is 29.9 Å². The molecule has 0 aromatic heterocycles. The molecule has 0 atom stereocenters. The molecule has 0 amide bonds. The summed E-state index contributed by atoms with van der Waals surface area (Å²) >= 11 is 0. The Bertz CT molecular complexity index is 483. The summed E-state index contributed by atoms with van der Waals surface area (Å²) in [6.45, 7) is 1.65. The van der Waals surface area contributed by atoms with Crippen molar-refractivity contribution in [2.75, 3.05) is 26.4 Å². The van der Waals surface area contributed by atoms with Gasteiger partial charge in [0.15, 0.2) is 0 Å². The Balaban J connectivity index is 2.72. The van der Waals surface area contributed by atoms with Crippen LogP contribution in [0.5, 0.6) is 0 Å². The second kappa shape index (κ2) is 6.95. The van der Waals surface area contributed by atoms with Gasteiger partial charge in [0, 0.05) is 18.4 Å². The first-order valence-electron chi connectivity index (χ1n) is 7.15. The molecule has 0 spiro atoms. The fraction of sp³-hybridized carbons (Fsp3) is 1.00. The lowest BCUT2D eigenvalue weighted by atomic mass is 9.90. The van der Waals surface area contributed by atoms with Crippen LogP contribution in [-0.2, 0) is 9.47 Å². The number of hydrogen-bond acceptors (Lipinski definition) is 2. The summed E-state index contributed by atoms with van der Waals surface area (Å²) in [5, 5.41) is 0. The first-order valence-corrected chi connectivity index (χ1v) is 7.15. The van der Waals surface area contributed by atoms with Gasteiger partial charge < -0.3 is 9.47 Å². The van der Waals surface area contributed by atoms with E-state index in [1.165, 1.54) is 0 Å². The van der Waals surface area contributed by atoms with Gasteiger partial charge in [-0.05, 0) is 6.42 Å². The Hall–Kier alpha value is -0.850. The maximum Gasteiger partial charge on any atom is 0.460 e. The molecule has 0 bridgehead atoms. The van der Waals surface area contributed by atoms with Gasteiger partial charge in [0.2, 0.25) is 0 Å². The molecule has 0 saturated carbocycles. The highest BCUT2D eigenvalue weighted by atomic mass is 19.4. The third-order valence-electron chi connectivity index (χ3n) is 3.74. The van der Waals surface area contributed by atoms with Gasteiger partial charge in [-0.2, -0.15) is 48.3 Å². The van der Waals surface area contributed by atoms with Crippen LogP contribution in [0.1, 0.15) is 19.8 Å².